The molecule has 2 fully saturated rings. The Morgan fingerprint density at radius 3 is 2.73 bits per heavy atom. The van der Waals surface area contributed by atoms with E-state index < -0.39 is 0 Å². The van der Waals surface area contributed by atoms with Crippen molar-refractivity contribution in [2.45, 2.75) is 50.7 Å². The van der Waals surface area contributed by atoms with E-state index in [2.05, 4.69) is 52.0 Å². The summed E-state index contributed by atoms with van der Waals surface area (Å²) in [6.45, 7) is 4.54. The Balaban J connectivity index is 1.55. The molecule has 5 rings (SSSR count). The van der Waals surface area contributed by atoms with E-state index in [1.807, 2.05) is 24.0 Å². The lowest BCUT2D eigenvalue weighted by Crippen LogP contribution is -2.35. The molecule has 3 aliphatic heterocycles. The third-order valence-corrected chi connectivity index (χ3v) is 7.71. The molecule has 3 aliphatic rings. The van der Waals surface area contributed by atoms with Crippen molar-refractivity contribution in [2.24, 2.45) is 4.99 Å². The standard InChI is InChI=1S/C24H30N4OS/c1-3-17-16-30-24-26-22(20-9-5-6-12-25-20)23(28(17)24)19-11-10-18(15-21(19)29-2)27-13-7-4-8-14-27/h5-6,9-12,15,17,22-23H,3-4,7-8,13-14,16H2,1-2H3/t17-,22+,23+/m0/s1. The molecule has 0 aliphatic carbocycles. The summed E-state index contributed by atoms with van der Waals surface area (Å²) in [6.07, 6.45) is 6.87. The van der Waals surface area contributed by atoms with Crippen LogP contribution in [0.15, 0.2) is 47.6 Å². The summed E-state index contributed by atoms with van der Waals surface area (Å²) in [5, 5.41) is 1.16. The first kappa shape index (κ1) is 19.7. The van der Waals surface area contributed by atoms with Crippen molar-refractivity contribution in [1.82, 2.24) is 9.88 Å². The zero-order valence-electron chi connectivity index (χ0n) is 17.8. The average Bonchev–Trinajstić information content (AvgIpc) is 3.39. The van der Waals surface area contributed by atoms with Crippen LogP contribution in [0.1, 0.15) is 55.9 Å². The quantitative estimate of drug-likeness (QED) is 0.674. The monoisotopic (exact) mass is 422 g/mol. The number of piperidine rings is 1. The molecular weight excluding hydrogens is 392 g/mol. The van der Waals surface area contributed by atoms with E-state index in [9.17, 15) is 0 Å². The van der Waals surface area contributed by atoms with Crippen LogP contribution in [0.3, 0.4) is 0 Å². The van der Waals surface area contributed by atoms with E-state index in [0.29, 0.717) is 6.04 Å². The number of hydrogen-bond donors (Lipinski definition) is 0. The maximum atomic E-state index is 5.96. The molecule has 0 N–H and O–H groups in total. The molecule has 4 heterocycles. The molecule has 0 bridgehead atoms. The van der Waals surface area contributed by atoms with Crippen LogP contribution < -0.4 is 9.64 Å². The maximum Gasteiger partial charge on any atom is 0.160 e. The minimum absolute atomic E-state index is 0.00205. The Hall–Kier alpha value is -2.21. The highest BCUT2D eigenvalue weighted by Crippen LogP contribution is 2.50. The van der Waals surface area contributed by atoms with Crippen molar-refractivity contribution in [3.63, 3.8) is 0 Å². The Morgan fingerprint density at radius 2 is 2.00 bits per heavy atom. The van der Waals surface area contributed by atoms with Crippen LogP contribution in [-0.2, 0) is 0 Å². The molecule has 6 heteroatoms. The van der Waals surface area contributed by atoms with Gasteiger partial charge in [-0.1, -0.05) is 30.8 Å². The van der Waals surface area contributed by atoms with Crippen LogP contribution in [-0.4, -0.2) is 47.0 Å². The maximum absolute atomic E-state index is 5.96. The van der Waals surface area contributed by atoms with Gasteiger partial charge in [-0.05, 0) is 43.9 Å². The van der Waals surface area contributed by atoms with Crippen LogP contribution in [0.5, 0.6) is 5.75 Å². The number of amidine groups is 1. The van der Waals surface area contributed by atoms with Crippen LogP contribution >= 0.6 is 11.8 Å². The lowest BCUT2D eigenvalue weighted by atomic mass is 9.94. The average molecular weight is 423 g/mol. The van der Waals surface area contributed by atoms with E-state index >= 15 is 0 Å². The van der Waals surface area contributed by atoms with Crippen LogP contribution in [0.2, 0.25) is 0 Å². The van der Waals surface area contributed by atoms with Crippen LogP contribution in [0.25, 0.3) is 0 Å². The summed E-state index contributed by atoms with van der Waals surface area (Å²) in [7, 11) is 1.79. The van der Waals surface area contributed by atoms with E-state index in [1.54, 1.807) is 7.11 Å². The van der Waals surface area contributed by atoms with Gasteiger partial charge in [0.15, 0.2) is 5.17 Å². The van der Waals surface area contributed by atoms with Gasteiger partial charge in [0.1, 0.15) is 11.8 Å². The molecule has 2 saturated heterocycles. The Labute approximate surface area is 183 Å². The second-order valence-corrected chi connectivity index (χ2v) is 9.30. The number of methoxy groups -OCH3 is 1. The molecule has 2 aromatic rings. The fourth-order valence-electron chi connectivity index (χ4n) is 4.98. The molecule has 0 unspecified atom stereocenters. The van der Waals surface area contributed by atoms with Crippen molar-refractivity contribution in [1.29, 1.82) is 0 Å². The van der Waals surface area contributed by atoms with E-state index in [-0.39, 0.29) is 12.1 Å². The van der Waals surface area contributed by atoms with Gasteiger partial charge < -0.3 is 14.5 Å². The normalized spacial score (nSPS) is 25.9. The molecule has 158 valence electrons. The van der Waals surface area contributed by atoms with E-state index in [1.165, 1.54) is 30.5 Å². The van der Waals surface area contributed by atoms with Crippen molar-refractivity contribution in [2.75, 3.05) is 30.9 Å². The zero-order chi connectivity index (χ0) is 20.5. The number of rotatable bonds is 5. The Morgan fingerprint density at radius 1 is 1.13 bits per heavy atom. The minimum atomic E-state index is -0.00205. The van der Waals surface area contributed by atoms with Gasteiger partial charge in [0.05, 0.1) is 18.8 Å². The van der Waals surface area contributed by atoms with Crippen molar-refractivity contribution in [3.8, 4) is 5.75 Å². The fraction of sp³-hybridized carbons (Fsp3) is 0.500. The number of anilines is 1. The number of pyridine rings is 1. The number of ether oxygens (including phenoxy) is 1. The van der Waals surface area contributed by atoms with Crippen LogP contribution in [0, 0.1) is 0 Å². The summed E-state index contributed by atoms with van der Waals surface area (Å²) >= 11 is 1.88. The summed E-state index contributed by atoms with van der Waals surface area (Å²) in [5.41, 5.74) is 3.52. The van der Waals surface area contributed by atoms with Gasteiger partial charge in [-0.2, -0.15) is 0 Å². The van der Waals surface area contributed by atoms with Gasteiger partial charge in [0.25, 0.3) is 0 Å². The molecule has 3 atom stereocenters. The van der Waals surface area contributed by atoms with Gasteiger partial charge in [-0.15, -0.1) is 0 Å². The lowest BCUT2D eigenvalue weighted by Gasteiger charge is -2.34. The first-order valence-electron chi connectivity index (χ1n) is 11.1. The molecule has 0 amide bonds. The first-order valence-corrected chi connectivity index (χ1v) is 12.1. The van der Waals surface area contributed by atoms with Crippen LogP contribution in [0.4, 0.5) is 5.69 Å². The smallest absolute Gasteiger partial charge is 0.160 e. The summed E-state index contributed by atoms with van der Waals surface area (Å²) in [5.74, 6) is 2.07. The van der Waals surface area contributed by atoms with Gasteiger partial charge >= 0.3 is 0 Å². The van der Waals surface area contributed by atoms with Crippen molar-refractivity contribution in [3.05, 3.63) is 53.9 Å². The number of nitrogens with zero attached hydrogens (tertiary/aromatic N) is 4. The molecule has 30 heavy (non-hydrogen) atoms. The summed E-state index contributed by atoms with van der Waals surface area (Å²) in [4.78, 5) is 14.8. The second kappa shape index (κ2) is 8.50. The second-order valence-electron chi connectivity index (χ2n) is 8.31. The molecule has 5 nitrogen and oxygen atoms in total. The minimum Gasteiger partial charge on any atom is -0.496 e. The van der Waals surface area contributed by atoms with Crippen molar-refractivity contribution < 1.29 is 4.74 Å². The van der Waals surface area contributed by atoms with Crippen molar-refractivity contribution >= 4 is 22.6 Å². The van der Waals surface area contributed by atoms with Gasteiger partial charge in [0, 0.05) is 48.4 Å². The van der Waals surface area contributed by atoms with E-state index in [0.717, 1.165) is 41.9 Å². The third-order valence-electron chi connectivity index (χ3n) is 6.59. The topological polar surface area (TPSA) is 41.0 Å². The van der Waals surface area contributed by atoms with E-state index in [4.69, 9.17) is 9.73 Å². The summed E-state index contributed by atoms with van der Waals surface area (Å²) in [6, 6.07) is 13.5. The number of fused-ring (bicyclic) bond motifs is 1. The Kier molecular flexibility index (Phi) is 5.59. The molecular formula is C24H30N4OS. The van der Waals surface area contributed by atoms with Gasteiger partial charge in [-0.3, -0.25) is 9.98 Å². The number of benzene rings is 1. The highest BCUT2D eigenvalue weighted by atomic mass is 32.2. The predicted molar refractivity (Wildman–Crippen MR) is 125 cm³/mol. The highest BCUT2D eigenvalue weighted by Gasteiger charge is 2.46. The molecule has 0 saturated carbocycles. The predicted octanol–water partition coefficient (Wildman–Crippen LogP) is 5.06. The largest absolute Gasteiger partial charge is 0.496 e. The number of aromatic nitrogens is 1. The summed E-state index contributed by atoms with van der Waals surface area (Å²) < 4.78 is 5.96. The number of aliphatic imine (C=N–C) groups is 1. The molecule has 1 aromatic carbocycles. The Bertz CT molecular complexity index is 913. The zero-order valence-corrected chi connectivity index (χ0v) is 18.6. The molecule has 1 aromatic heterocycles. The number of thioether (sulfide) groups is 1. The highest BCUT2D eigenvalue weighted by molar-refractivity contribution is 8.14. The fourth-order valence-corrected chi connectivity index (χ4v) is 6.32. The third kappa shape index (κ3) is 3.45. The van der Waals surface area contributed by atoms with Gasteiger partial charge in [0.2, 0.25) is 0 Å². The SMILES string of the molecule is CC[C@H]1CSC2=N[C@H](c3ccccn3)[C@@H](c3ccc(N4CCCCC4)cc3OC)N21. The number of hydrogen-bond acceptors (Lipinski definition) is 6. The lowest BCUT2D eigenvalue weighted by molar-refractivity contribution is 0.249. The molecule has 0 radical (unpaired) electrons. The van der Waals surface area contributed by atoms with Gasteiger partial charge in [-0.25, -0.2) is 0 Å². The molecule has 0 spiro atoms. The first-order chi connectivity index (χ1) is 14.8.